The van der Waals surface area contributed by atoms with Crippen LogP contribution in [0.25, 0.3) is 10.9 Å². The van der Waals surface area contributed by atoms with Gasteiger partial charge in [0.15, 0.2) is 0 Å². The first-order valence-electron chi connectivity index (χ1n) is 11.1. The molecule has 0 N–H and O–H groups in total. The van der Waals surface area contributed by atoms with E-state index in [9.17, 15) is 9.18 Å². The Morgan fingerprint density at radius 3 is 2.56 bits per heavy atom. The molecule has 0 atom stereocenters. The molecule has 0 bridgehead atoms. The van der Waals surface area contributed by atoms with Gasteiger partial charge in [-0.15, -0.1) is 0 Å². The number of ether oxygens (including phenoxy) is 1. The summed E-state index contributed by atoms with van der Waals surface area (Å²) in [5.74, 6) is 0.915. The van der Waals surface area contributed by atoms with E-state index in [2.05, 4.69) is 22.9 Å². The number of carbonyl (C=O) groups excluding carboxylic acids is 1. The topological polar surface area (TPSA) is 31.2 Å². The number of hydrogen-bond acceptors (Lipinski definition) is 2. The van der Waals surface area contributed by atoms with Gasteiger partial charge < -0.3 is 9.30 Å². The Morgan fingerprint density at radius 2 is 1.72 bits per heavy atom. The van der Waals surface area contributed by atoms with E-state index >= 15 is 0 Å². The zero-order chi connectivity index (χ0) is 22.3. The molecule has 4 rings (SSSR count). The summed E-state index contributed by atoms with van der Waals surface area (Å²) in [5.41, 5.74) is 4.09. The van der Waals surface area contributed by atoms with E-state index in [1.807, 2.05) is 48.5 Å². The van der Waals surface area contributed by atoms with Gasteiger partial charge in [-0.05, 0) is 54.7 Å². The number of halogens is 1. The highest BCUT2D eigenvalue weighted by Crippen LogP contribution is 2.25. The molecule has 0 saturated carbocycles. The zero-order valence-electron chi connectivity index (χ0n) is 18.4. The number of aryl methyl sites for hydroxylation is 2. The van der Waals surface area contributed by atoms with Crippen molar-refractivity contribution in [1.82, 2.24) is 4.57 Å². The van der Waals surface area contributed by atoms with Crippen molar-refractivity contribution in [3.8, 4) is 5.75 Å². The lowest BCUT2D eigenvalue weighted by molar-refractivity contribution is -0.119. The van der Waals surface area contributed by atoms with Gasteiger partial charge in [-0.3, -0.25) is 4.79 Å². The van der Waals surface area contributed by atoms with Crippen LogP contribution < -0.4 is 4.74 Å². The molecule has 0 radical (unpaired) electrons. The molecular weight excluding hydrogens is 401 g/mol. The van der Waals surface area contributed by atoms with Crippen LogP contribution in [0.1, 0.15) is 36.0 Å². The molecule has 0 unspecified atom stereocenters. The maximum Gasteiger partial charge on any atom is 0.133 e. The number of rotatable bonds is 10. The fourth-order valence-corrected chi connectivity index (χ4v) is 4.18. The van der Waals surface area contributed by atoms with Crippen molar-refractivity contribution < 1.29 is 13.9 Å². The largest absolute Gasteiger partial charge is 0.497 e. The molecule has 0 aliphatic carbocycles. The summed E-state index contributed by atoms with van der Waals surface area (Å²) >= 11 is 0. The summed E-state index contributed by atoms with van der Waals surface area (Å²) < 4.78 is 21.5. The van der Waals surface area contributed by atoms with E-state index in [1.165, 1.54) is 17.0 Å². The fourth-order valence-electron chi connectivity index (χ4n) is 4.18. The Labute approximate surface area is 188 Å². The maximum absolute atomic E-state index is 14.2. The molecule has 3 nitrogen and oxygen atoms in total. The first-order chi connectivity index (χ1) is 15.6. The first-order valence-corrected chi connectivity index (χ1v) is 11.1. The molecule has 0 aliphatic heterocycles. The molecule has 4 aromatic rings. The number of hydrogen-bond donors (Lipinski definition) is 0. The van der Waals surface area contributed by atoms with Crippen LogP contribution in [0.2, 0.25) is 0 Å². The van der Waals surface area contributed by atoms with Crippen LogP contribution in [0.4, 0.5) is 4.39 Å². The minimum absolute atomic E-state index is 0.187. The molecule has 0 saturated heterocycles. The molecule has 0 spiro atoms. The molecule has 1 heterocycles. The number of para-hydroxylation sites is 1. The van der Waals surface area contributed by atoms with Gasteiger partial charge in [-0.1, -0.05) is 48.5 Å². The van der Waals surface area contributed by atoms with Gasteiger partial charge in [0, 0.05) is 35.5 Å². The monoisotopic (exact) mass is 429 g/mol. The van der Waals surface area contributed by atoms with E-state index in [0.717, 1.165) is 36.1 Å². The van der Waals surface area contributed by atoms with Crippen LogP contribution in [-0.4, -0.2) is 17.5 Å². The Hall–Kier alpha value is -3.40. The number of ketones is 1. The summed E-state index contributed by atoms with van der Waals surface area (Å²) in [7, 11) is 1.65. The number of nitrogens with zero attached hydrogens (tertiary/aromatic N) is 1. The normalized spacial score (nSPS) is 11.1. The zero-order valence-corrected chi connectivity index (χ0v) is 18.4. The molecule has 0 amide bonds. The minimum atomic E-state index is -0.187. The van der Waals surface area contributed by atoms with Crippen molar-refractivity contribution in [1.29, 1.82) is 0 Å². The summed E-state index contributed by atoms with van der Waals surface area (Å²) in [4.78, 5) is 12.4. The van der Waals surface area contributed by atoms with Gasteiger partial charge >= 0.3 is 0 Å². The number of Topliss-reactive ketones (excluding diaryl/α,β-unsaturated/α-hetero) is 1. The van der Waals surface area contributed by atoms with E-state index in [4.69, 9.17) is 4.74 Å². The summed E-state index contributed by atoms with van der Waals surface area (Å²) in [5, 5.41) is 1.17. The predicted molar refractivity (Wildman–Crippen MR) is 127 cm³/mol. The lowest BCUT2D eigenvalue weighted by Crippen LogP contribution is -2.01. The Kier molecular flexibility index (Phi) is 7.00. The van der Waals surface area contributed by atoms with Gasteiger partial charge in [0.05, 0.1) is 13.7 Å². The van der Waals surface area contributed by atoms with Gasteiger partial charge in [-0.25, -0.2) is 4.39 Å². The quantitative estimate of drug-likeness (QED) is 0.294. The van der Waals surface area contributed by atoms with Crippen LogP contribution in [0.15, 0.2) is 79.0 Å². The van der Waals surface area contributed by atoms with Crippen LogP contribution >= 0.6 is 0 Å². The van der Waals surface area contributed by atoms with Crippen LogP contribution in [-0.2, 0) is 24.2 Å². The highest BCUT2D eigenvalue weighted by molar-refractivity contribution is 5.84. The average Bonchev–Trinajstić information content (AvgIpc) is 3.17. The van der Waals surface area contributed by atoms with Gasteiger partial charge in [0.2, 0.25) is 0 Å². The number of aromatic nitrogens is 1. The Bertz CT molecular complexity index is 1210. The van der Waals surface area contributed by atoms with Crippen molar-refractivity contribution in [2.75, 3.05) is 7.11 Å². The predicted octanol–water partition coefficient (Wildman–Crippen LogP) is 6.36. The van der Waals surface area contributed by atoms with E-state index in [0.29, 0.717) is 24.9 Å². The highest BCUT2D eigenvalue weighted by atomic mass is 19.1. The molecular formula is C28H28FNO2. The first kappa shape index (κ1) is 21.8. The van der Waals surface area contributed by atoms with Crippen LogP contribution in [0, 0.1) is 5.82 Å². The van der Waals surface area contributed by atoms with E-state index in [-0.39, 0.29) is 11.6 Å². The summed E-state index contributed by atoms with van der Waals surface area (Å²) in [6.07, 6.45) is 5.59. The SMILES string of the molecule is COc1cccc(CCC(=O)CCCc2cn(Cc3ccccc3F)c3ccccc23)c1. The lowest BCUT2D eigenvalue weighted by atomic mass is 10.0. The summed E-state index contributed by atoms with van der Waals surface area (Å²) in [6, 6.07) is 23.0. The maximum atomic E-state index is 14.2. The number of carbonyl (C=O) groups is 1. The highest BCUT2D eigenvalue weighted by Gasteiger charge is 2.11. The van der Waals surface area contributed by atoms with Crippen molar-refractivity contribution in [2.24, 2.45) is 0 Å². The third-order valence-corrected chi connectivity index (χ3v) is 5.90. The fraction of sp³-hybridized carbons (Fsp3) is 0.250. The molecule has 32 heavy (non-hydrogen) atoms. The van der Waals surface area contributed by atoms with Crippen LogP contribution in [0.5, 0.6) is 5.75 Å². The van der Waals surface area contributed by atoms with Crippen molar-refractivity contribution >= 4 is 16.7 Å². The van der Waals surface area contributed by atoms with Gasteiger partial charge in [-0.2, -0.15) is 0 Å². The standard InChI is InChI=1S/C28H28FNO2/c1-32-25-12-6-8-21(18-25)16-17-24(31)11-7-10-22-19-30(28-15-5-3-13-26(22)28)20-23-9-2-4-14-27(23)29/h2-6,8-9,12-15,18-19H,7,10-11,16-17,20H2,1H3. The molecule has 3 aromatic carbocycles. The third kappa shape index (κ3) is 5.25. The number of methoxy groups -OCH3 is 1. The minimum Gasteiger partial charge on any atom is -0.497 e. The molecule has 0 fully saturated rings. The second kappa shape index (κ2) is 10.3. The van der Waals surface area contributed by atoms with E-state index < -0.39 is 0 Å². The Balaban J connectivity index is 1.37. The van der Waals surface area contributed by atoms with Crippen molar-refractivity contribution in [2.45, 2.75) is 38.6 Å². The smallest absolute Gasteiger partial charge is 0.133 e. The van der Waals surface area contributed by atoms with Crippen molar-refractivity contribution in [3.63, 3.8) is 0 Å². The molecule has 0 aliphatic rings. The molecule has 4 heteroatoms. The second-order valence-corrected chi connectivity index (χ2v) is 8.13. The summed E-state index contributed by atoms with van der Waals surface area (Å²) in [6.45, 7) is 0.493. The molecule has 164 valence electrons. The second-order valence-electron chi connectivity index (χ2n) is 8.13. The van der Waals surface area contributed by atoms with Crippen LogP contribution in [0.3, 0.4) is 0 Å². The number of benzene rings is 3. The molecule has 1 aromatic heterocycles. The third-order valence-electron chi connectivity index (χ3n) is 5.90. The Morgan fingerprint density at radius 1 is 0.906 bits per heavy atom. The van der Waals surface area contributed by atoms with Crippen molar-refractivity contribution in [3.05, 3.63) is 102 Å². The lowest BCUT2D eigenvalue weighted by Gasteiger charge is -2.06. The van der Waals surface area contributed by atoms with Gasteiger partial charge in [0.1, 0.15) is 17.3 Å². The average molecular weight is 430 g/mol. The van der Waals surface area contributed by atoms with Gasteiger partial charge in [0.25, 0.3) is 0 Å². The number of fused-ring (bicyclic) bond motifs is 1. The van der Waals surface area contributed by atoms with E-state index in [1.54, 1.807) is 13.2 Å².